The van der Waals surface area contributed by atoms with Gasteiger partial charge in [0.15, 0.2) is 0 Å². The van der Waals surface area contributed by atoms with E-state index in [1.807, 2.05) is 74.6 Å². The van der Waals surface area contributed by atoms with Crippen molar-refractivity contribution in [3.05, 3.63) is 60.7 Å². The Balaban J connectivity index is 1.55. The van der Waals surface area contributed by atoms with Crippen molar-refractivity contribution in [2.24, 2.45) is 5.92 Å². The van der Waals surface area contributed by atoms with Gasteiger partial charge in [0.1, 0.15) is 5.75 Å². The third kappa shape index (κ3) is 4.64. The monoisotopic (exact) mass is 352 g/mol. The topological polar surface area (TPSA) is 32.8 Å². The highest BCUT2D eigenvalue weighted by Crippen LogP contribution is 2.22. The molecule has 1 fully saturated rings. The molecule has 1 aliphatic rings. The van der Waals surface area contributed by atoms with Crippen LogP contribution >= 0.6 is 0 Å². The molecule has 0 spiro atoms. The van der Waals surface area contributed by atoms with Gasteiger partial charge in [0, 0.05) is 25.2 Å². The molecule has 0 N–H and O–H groups in total. The number of amides is 1. The summed E-state index contributed by atoms with van der Waals surface area (Å²) in [6, 6.07) is 19.6. The van der Waals surface area contributed by atoms with E-state index < -0.39 is 0 Å². The average Bonchev–Trinajstić information content (AvgIpc) is 2.72. The zero-order valence-electron chi connectivity index (χ0n) is 15.7. The molecule has 26 heavy (non-hydrogen) atoms. The van der Waals surface area contributed by atoms with E-state index in [0.717, 1.165) is 37.4 Å². The average molecular weight is 352 g/mol. The SMILES string of the molecule is CC(C(=O)N(C)c1ccccc1)N1CCCC(COc2ccccc2)C1. The lowest BCUT2D eigenvalue weighted by atomic mass is 9.97. The van der Waals surface area contributed by atoms with Crippen molar-refractivity contribution in [3.8, 4) is 5.75 Å². The van der Waals surface area contributed by atoms with Gasteiger partial charge in [0.2, 0.25) is 5.91 Å². The smallest absolute Gasteiger partial charge is 0.243 e. The molecule has 1 aliphatic heterocycles. The highest BCUT2D eigenvalue weighted by molar-refractivity contribution is 5.96. The summed E-state index contributed by atoms with van der Waals surface area (Å²) >= 11 is 0. The molecule has 0 aliphatic carbocycles. The Morgan fingerprint density at radius 3 is 2.50 bits per heavy atom. The molecule has 0 radical (unpaired) electrons. The van der Waals surface area contributed by atoms with Crippen LogP contribution in [0.25, 0.3) is 0 Å². The van der Waals surface area contributed by atoms with Gasteiger partial charge in [-0.15, -0.1) is 0 Å². The fourth-order valence-electron chi connectivity index (χ4n) is 3.53. The van der Waals surface area contributed by atoms with E-state index in [9.17, 15) is 4.79 Å². The van der Waals surface area contributed by atoms with Crippen LogP contribution in [0, 0.1) is 5.92 Å². The predicted molar refractivity (Wildman–Crippen MR) is 106 cm³/mol. The summed E-state index contributed by atoms with van der Waals surface area (Å²) in [4.78, 5) is 16.9. The van der Waals surface area contributed by atoms with Gasteiger partial charge in [-0.05, 0) is 50.6 Å². The summed E-state index contributed by atoms with van der Waals surface area (Å²) in [5.41, 5.74) is 0.935. The standard InChI is InChI=1S/C22H28N2O2/c1-18(22(25)23(2)20-11-5-3-6-12-20)24-15-9-10-19(16-24)17-26-21-13-7-4-8-14-21/h3-8,11-14,18-19H,9-10,15-17H2,1-2H3. The van der Waals surface area contributed by atoms with Crippen LogP contribution in [0.15, 0.2) is 60.7 Å². The molecule has 1 saturated heterocycles. The van der Waals surface area contributed by atoms with Gasteiger partial charge < -0.3 is 9.64 Å². The van der Waals surface area contributed by atoms with Gasteiger partial charge >= 0.3 is 0 Å². The predicted octanol–water partition coefficient (Wildman–Crippen LogP) is 3.83. The fourth-order valence-corrected chi connectivity index (χ4v) is 3.53. The largest absolute Gasteiger partial charge is 0.493 e. The number of likely N-dealkylation sites (N-methyl/N-ethyl adjacent to an activating group) is 1. The van der Waals surface area contributed by atoms with Gasteiger partial charge in [-0.3, -0.25) is 9.69 Å². The minimum absolute atomic E-state index is 0.125. The zero-order chi connectivity index (χ0) is 18.4. The highest BCUT2D eigenvalue weighted by Gasteiger charge is 2.29. The second-order valence-electron chi connectivity index (χ2n) is 7.04. The van der Waals surface area contributed by atoms with Crippen LogP contribution in [0.3, 0.4) is 0 Å². The fraction of sp³-hybridized carbons (Fsp3) is 0.409. The minimum atomic E-state index is -0.125. The van der Waals surface area contributed by atoms with E-state index in [0.29, 0.717) is 12.5 Å². The maximum absolute atomic E-state index is 12.9. The van der Waals surface area contributed by atoms with Gasteiger partial charge in [-0.1, -0.05) is 36.4 Å². The number of rotatable bonds is 6. The maximum Gasteiger partial charge on any atom is 0.243 e. The Morgan fingerprint density at radius 1 is 1.15 bits per heavy atom. The van der Waals surface area contributed by atoms with Gasteiger partial charge in [0.25, 0.3) is 0 Å². The third-order valence-corrected chi connectivity index (χ3v) is 5.16. The van der Waals surface area contributed by atoms with Crippen LogP contribution in [0.5, 0.6) is 5.75 Å². The molecule has 4 nitrogen and oxygen atoms in total. The van der Waals surface area contributed by atoms with Crippen molar-refractivity contribution in [2.45, 2.75) is 25.8 Å². The zero-order valence-corrected chi connectivity index (χ0v) is 15.7. The first-order chi connectivity index (χ1) is 12.6. The lowest BCUT2D eigenvalue weighted by Crippen LogP contribution is -2.50. The Hall–Kier alpha value is -2.33. The molecule has 2 unspecified atom stereocenters. The summed E-state index contributed by atoms with van der Waals surface area (Å²) in [6.45, 7) is 4.60. The lowest BCUT2D eigenvalue weighted by Gasteiger charge is -2.37. The quantitative estimate of drug-likeness (QED) is 0.792. The molecule has 2 aromatic carbocycles. The third-order valence-electron chi connectivity index (χ3n) is 5.16. The van der Waals surface area contributed by atoms with E-state index >= 15 is 0 Å². The molecule has 4 heteroatoms. The second kappa shape index (κ2) is 8.86. The molecule has 1 amide bonds. The number of ether oxygens (including phenoxy) is 1. The first-order valence-electron chi connectivity index (χ1n) is 9.39. The number of hydrogen-bond donors (Lipinski definition) is 0. The Bertz CT molecular complexity index is 690. The number of benzene rings is 2. The maximum atomic E-state index is 12.9. The van der Waals surface area contributed by atoms with Crippen LogP contribution in [0.2, 0.25) is 0 Å². The Kier molecular flexibility index (Phi) is 6.29. The van der Waals surface area contributed by atoms with Crippen molar-refractivity contribution in [1.29, 1.82) is 0 Å². The van der Waals surface area contributed by atoms with Crippen molar-refractivity contribution in [3.63, 3.8) is 0 Å². The van der Waals surface area contributed by atoms with E-state index in [1.165, 1.54) is 0 Å². The van der Waals surface area contributed by atoms with E-state index in [2.05, 4.69) is 4.90 Å². The summed E-state index contributed by atoms with van der Waals surface area (Å²) in [5, 5.41) is 0. The van der Waals surface area contributed by atoms with Crippen molar-refractivity contribution >= 4 is 11.6 Å². The van der Waals surface area contributed by atoms with Crippen LogP contribution < -0.4 is 9.64 Å². The van der Waals surface area contributed by atoms with Crippen molar-refractivity contribution < 1.29 is 9.53 Å². The summed E-state index contributed by atoms with van der Waals surface area (Å²) in [7, 11) is 1.86. The Morgan fingerprint density at radius 2 is 1.81 bits per heavy atom. The number of carbonyl (C=O) groups is 1. The molecule has 1 heterocycles. The number of hydrogen-bond acceptors (Lipinski definition) is 3. The van der Waals surface area contributed by atoms with Crippen LogP contribution in [0.4, 0.5) is 5.69 Å². The summed E-state index contributed by atoms with van der Waals surface area (Å²) in [5.74, 6) is 1.51. The molecule has 2 aromatic rings. The van der Waals surface area contributed by atoms with Gasteiger partial charge in [-0.25, -0.2) is 0 Å². The molecule has 2 atom stereocenters. The van der Waals surface area contributed by atoms with Crippen molar-refractivity contribution in [1.82, 2.24) is 4.90 Å². The molecular formula is C22H28N2O2. The first-order valence-corrected chi connectivity index (χ1v) is 9.39. The number of piperidine rings is 1. The summed E-state index contributed by atoms with van der Waals surface area (Å²) in [6.07, 6.45) is 2.26. The van der Waals surface area contributed by atoms with Crippen molar-refractivity contribution in [2.75, 3.05) is 31.6 Å². The number of anilines is 1. The second-order valence-corrected chi connectivity index (χ2v) is 7.04. The Labute approximate surface area is 156 Å². The van der Waals surface area contributed by atoms with Crippen LogP contribution in [0.1, 0.15) is 19.8 Å². The number of para-hydroxylation sites is 2. The molecule has 138 valence electrons. The van der Waals surface area contributed by atoms with E-state index in [-0.39, 0.29) is 11.9 Å². The van der Waals surface area contributed by atoms with Crippen LogP contribution in [-0.4, -0.2) is 43.6 Å². The van der Waals surface area contributed by atoms with E-state index in [4.69, 9.17) is 4.74 Å². The van der Waals surface area contributed by atoms with Crippen LogP contribution in [-0.2, 0) is 4.79 Å². The van der Waals surface area contributed by atoms with Gasteiger partial charge in [0.05, 0.1) is 12.6 Å². The lowest BCUT2D eigenvalue weighted by molar-refractivity contribution is -0.123. The number of carbonyl (C=O) groups excluding carboxylic acids is 1. The highest BCUT2D eigenvalue weighted by atomic mass is 16.5. The van der Waals surface area contributed by atoms with Gasteiger partial charge in [-0.2, -0.15) is 0 Å². The first kappa shape index (κ1) is 18.5. The molecule has 0 bridgehead atoms. The minimum Gasteiger partial charge on any atom is -0.493 e. The number of likely N-dealkylation sites (tertiary alicyclic amines) is 1. The normalized spacial score (nSPS) is 18.9. The molecule has 0 saturated carbocycles. The number of nitrogens with zero attached hydrogens (tertiary/aromatic N) is 2. The van der Waals surface area contributed by atoms with E-state index in [1.54, 1.807) is 4.90 Å². The molecular weight excluding hydrogens is 324 g/mol. The summed E-state index contributed by atoms with van der Waals surface area (Å²) < 4.78 is 5.93. The molecule has 3 rings (SSSR count). The molecule has 0 aromatic heterocycles.